The van der Waals surface area contributed by atoms with E-state index in [9.17, 15) is 0 Å². The second kappa shape index (κ2) is 3.78. The highest BCUT2D eigenvalue weighted by Crippen LogP contribution is 2.57. The van der Waals surface area contributed by atoms with Crippen LogP contribution in [-0.2, 0) is 0 Å². The first-order chi connectivity index (χ1) is 6.59. The zero-order valence-electron chi connectivity index (χ0n) is 8.02. The fourth-order valence-corrected chi connectivity index (χ4v) is 3.75. The fraction of sp³-hybridized carbons (Fsp3) is 0.600. The lowest BCUT2D eigenvalue weighted by Crippen LogP contribution is -2.20. The van der Waals surface area contributed by atoms with E-state index < -0.39 is 0 Å². The predicted molar refractivity (Wildman–Crippen MR) is 65.9 cm³/mol. The van der Waals surface area contributed by atoms with Crippen LogP contribution in [0, 0.1) is 5.41 Å². The van der Waals surface area contributed by atoms with Crippen LogP contribution in [0.1, 0.15) is 37.1 Å². The molecule has 1 unspecified atom stereocenters. The van der Waals surface area contributed by atoms with Crippen molar-refractivity contribution in [2.24, 2.45) is 11.1 Å². The molecule has 1 aromatic rings. The van der Waals surface area contributed by atoms with Crippen molar-refractivity contribution < 1.29 is 0 Å². The Hall–Kier alpha value is 0.430. The topological polar surface area (TPSA) is 26.0 Å². The molecular weight excluding hydrogens is 282 g/mol. The zero-order chi connectivity index (χ0) is 10.3. The second-order valence-corrected chi connectivity index (χ2v) is 6.77. The van der Waals surface area contributed by atoms with Crippen LogP contribution in [0.3, 0.4) is 0 Å². The number of rotatable bonds is 3. The third kappa shape index (κ3) is 1.75. The van der Waals surface area contributed by atoms with Crippen LogP contribution in [0.2, 0.25) is 5.02 Å². The number of thiophene rings is 1. The molecule has 1 nitrogen and oxygen atoms in total. The Morgan fingerprint density at radius 2 is 2.36 bits per heavy atom. The quantitative estimate of drug-likeness (QED) is 0.881. The summed E-state index contributed by atoms with van der Waals surface area (Å²) in [5, 5.41) is 0.785. The van der Waals surface area contributed by atoms with Gasteiger partial charge in [0.1, 0.15) is 0 Å². The van der Waals surface area contributed by atoms with Crippen molar-refractivity contribution in [3.8, 4) is 0 Å². The third-order valence-corrected chi connectivity index (χ3v) is 5.78. The van der Waals surface area contributed by atoms with Gasteiger partial charge in [-0.2, -0.15) is 0 Å². The average Bonchev–Trinajstić information content (AvgIpc) is 2.90. The number of hydrogen-bond acceptors (Lipinski definition) is 2. The van der Waals surface area contributed by atoms with E-state index >= 15 is 0 Å². The van der Waals surface area contributed by atoms with Gasteiger partial charge in [-0.3, -0.25) is 0 Å². The van der Waals surface area contributed by atoms with Crippen molar-refractivity contribution in [3.05, 3.63) is 19.8 Å². The van der Waals surface area contributed by atoms with Crippen molar-refractivity contribution >= 4 is 38.9 Å². The molecule has 14 heavy (non-hydrogen) atoms. The zero-order valence-corrected chi connectivity index (χ0v) is 11.2. The molecule has 1 saturated carbocycles. The van der Waals surface area contributed by atoms with Crippen LogP contribution < -0.4 is 5.73 Å². The molecule has 0 spiro atoms. The van der Waals surface area contributed by atoms with Crippen molar-refractivity contribution in [3.63, 3.8) is 0 Å². The lowest BCUT2D eigenvalue weighted by Gasteiger charge is -2.20. The molecule has 4 heteroatoms. The summed E-state index contributed by atoms with van der Waals surface area (Å²) in [6.07, 6.45) is 3.69. The molecule has 1 atom stereocenters. The summed E-state index contributed by atoms with van der Waals surface area (Å²) in [7, 11) is 0. The molecule has 1 heterocycles. The van der Waals surface area contributed by atoms with Gasteiger partial charge in [0.2, 0.25) is 0 Å². The summed E-state index contributed by atoms with van der Waals surface area (Å²) in [5.74, 6) is 0. The first-order valence-electron chi connectivity index (χ1n) is 4.79. The average molecular weight is 295 g/mol. The van der Waals surface area contributed by atoms with Gasteiger partial charge in [-0.05, 0) is 46.7 Å². The van der Waals surface area contributed by atoms with E-state index in [0.29, 0.717) is 5.41 Å². The SMILES string of the molecule is CCC1(C(N)c2cc(Cl)c(Br)s2)CC1. The Balaban J connectivity index is 2.23. The van der Waals surface area contributed by atoms with E-state index in [1.54, 1.807) is 11.3 Å². The van der Waals surface area contributed by atoms with Gasteiger partial charge >= 0.3 is 0 Å². The Bertz CT molecular complexity index is 326. The molecule has 0 aliphatic heterocycles. The highest BCUT2D eigenvalue weighted by molar-refractivity contribution is 9.11. The lowest BCUT2D eigenvalue weighted by atomic mass is 9.93. The fourth-order valence-electron chi connectivity index (χ4n) is 1.86. The first-order valence-corrected chi connectivity index (χ1v) is 6.78. The van der Waals surface area contributed by atoms with Crippen molar-refractivity contribution in [2.75, 3.05) is 0 Å². The molecule has 0 aromatic carbocycles. The van der Waals surface area contributed by atoms with Crippen LogP contribution in [-0.4, -0.2) is 0 Å². The number of hydrogen-bond donors (Lipinski definition) is 1. The van der Waals surface area contributed by atoms with Crippen LogP contribution in [0.25, 0.3) is 0 Å². The van der Waals surface area contributed by atoms with Crippen LogP contribution in [0.4, 0.5) is 0 Å². The van der Waals surface area contributed by atoms with Crippen LogP contribution >= 0.6 is 38.9 Å². The Morgan fingerprint density at radius 1 is 1.71 bits per heavy atom. The Labute approximate surface area is 102 Å². The summed E-state index contributed by atoms with van der Waals surface area (Å²) < 4.78 is 0.997. The van der Waals surface area contributed by atoms with Crippen molar-refractivity contribution in [1.29, 1.82) is 0 Å². The lowest BCUT2D eigenvalue weighted by molar-refractivity contribution is 0.399. The first kappa shape index (κ1) is 10.9. The molecule has 2 rings (SSSR count). The molecule has 2 N–H and O–H groups in total. The van der Waals surface area contributed by atoms with Gasteiger partial charge in [-0.1, -0.05) is 18.5 Å². The van der Waals surface area contributed by atoms with E-state index in [1.165, 1.54) is 24.1 Å². The van der Waals surface area contributed by atoms with E-state index in [-0.39, 0.29) is 6.04 Å². The molecule has 1 fully saturated rings. The van der Waals surface area contributed by atoms with Crippen molar-refractivity contribution in [1.82, 2.24) is 0 Å². The van der Waals surface area contributed by atoms with Gasteiger partial charge in [-0.25, -0.2) is 0 Å². The maximum absolute atomic E-state index is 6.26. The van der Waals surface area contributed by atoms with Crippen LogP contribution in [0.15, 0.2) is 9.85 Å². The summed E-state index contributed by atoms with van der Waals surface area (Å²) in [4.78, 5) is 1.21. The standard InChI is InChI=1S/C10H13BrClNS/c1-2-10(3-4-10)8(13)7-5-6(12)9(11)14-7/h5,8H,2-4,13H2,1H3. The molecule has 1 aliphatic carbocycles. The molecule has 78 valence electrons. The van der Waals surface area contributed by atoms with E-state index in [4.69, 9.17) is 17.3 Å². The van der Waals surface area contributed by atoms with Gasteiger partial charge in [-0.15, -0.1) is 11.3 Å². The summed E-state index contributed by atoms with van der Waals surface area (Å²) >= 11 is 11.1. The van der Waals surface area contributed by atoms with E-state index in [0.717, 1.165) is 8.81 Å². The minimum atomic E-state index is 0.168. The predicted octanol–water partition coefficient (Wildman–Crippen LogP) is 4.35. The summed E-state index contributed by atoms with van der Waals surface area (Å²) in [5.41, 5.74) is 6.63. The Kier molecular flexibility index (Phi) is 2.95. The second-order valence-electron chi connectivity index (χ2n) is 3.96. The maximum Gasteiger partial charge on any atom is 0.0887 e. The third-order valence-electron chi connectivity index (χ3n) is 3.23. The minimum Gasteiger partial charge on any atom is -0.323 e. The maximum atomic E-state index is 6.26. The molecule has 0 saturated heterocycles. The molecule has 0 bridgehead atoms. The molecule has 0 amide bonds. The number of halogens is 2. The molecule has 0 radical (unpaired) electrons. The van der Waals surface area contributed by atoms with Gasteiger partial charge in [0.05, 0.1) is 8.81 Å². The monoisotopic (exact) mass is 293 g/mol. The molecular formula is C10H13BrClNS. The highest BCUT2D eigenvalue weighted by atomic mass is 79.9. The van der Waals surface area contributed by atoms with E-state index in [2.05, 4.69) is 22.9 Å². The summed E-state index contributed by atoms with van der Waals surface area (Å²) in [6.45, 7) is 2.22. The minimum absolute atomic E-state index is 0.168. The molecule has 1 aliphatic rings. The van der Waals surface area contributed by atoms with Gasteiger partial charge < -0.3 is 5.73 Å². The number of nitrogens with two attached hydrogens (primary N) is 1. The largest absolute Gasteiger partial charge is 0.323 e. The summed E-state index contributed by atoms with van der Waals surface area (Å²) in [6, 6.07) is 2.16. The van der Waals surface area contributed by atoms with Gasteiger partial charge in [0, 0.05) is 10.9 Å². The highest BCUT2D eigenvalue weighted by Gasteiger charge is 2.47. The van der Waals surface area contributed by atoms with E-state index in [1.807, 2.05) is 6.07 Å². The Morgan fingerprint density at radius 3 is 2.71 bits per heavy atom. The normalized spacial score (nSPS) is 20.9. The van der Waals surface area contributed by atoms with Gasteiger partial charge in [0.25, 0.3) is 0 Å². The smallest absolute Gasteiger partial charge is 0.0887 e. The molecule has 1 aromatic heterocycles. The van der Waals surface area contributed by atoms with Crippen LogP contribution in [0.5, 0.6) is 0 Å². The van der Waals surface area contributed by atoms with Gasteiger partial charge in [0.15, 0.2) is 0 Å². The van der Waals surface area contributed by atoms with Crippen molar-refractivity contribution in [2.45, 2.75) is 32.2 Å².